The highest BCUT2D eigenvalue weighted by atomic mass is 32.3. The Labute approximate surface area is 110 Å². The van der Waals surface area contributed by atoms with E-state index in [1.54, 1.807) is 0 Å². The van der Waals surface area contributed by atoms with Crippen LogP contribution in [0.2, 0.25) is 0 Å². The first kappa shape index (κ1) is 17.2. The molecule has 19 heavy (non-hydrogen) atoms. The molecule has 13 heteroatoms. The van der Waals surface area contributed by atoms with Crippen molar-refractivity contribution in [2.45, 2.75) is 4.90 Å². The Morgan fingerprint density at radius 3 is 2.26 bits per heavy atom. The van der Waals surface area contributed by atoms with E-state index in [2.05, 4.69) is 13.3 Å². The summed E-state index contributed by atoms with van der Waals surface area (Å²) in [6, 6.07) is 1.32. The Morgan fingerprint density at radius 1 is 1.16 bits per heavy atom. The zero-order valence-corrected chi connectivity index (χ0v) is 11.9. The Hall–Kier alpha value is 0.130. The minimum absolute atomic E-state index is 0.102. The summed E-state index contributed by atoms with van der Waals surface area (Å²) in [6.45, 7) is -0.575. The van der Waals surface area contributed by atoms with Crippen molar-refractivity contribution >= 4 is 26.9 Å². The lowest BCUT2D eigenvalue weighted by atomic mass is 10.7. The molecule has 0 aliphatic carbocycles. The topological polar surface area (TPSA) is 173 Å². The van der Waals surface area contributed by atoms with Gasteiger partial charge in [0.25, 0.3) is 0 Å². The Kier molecular flexibility index (Phi) is 5.67. The Morgan fingerprint density at radius 2 is 1.79 bits per heavy atom. The van der Waals surface area contributed by atoms with Crippen LogP contribution in [0.1, 0.15) is 0 Å². The predicted octanol–water partition coefficient (Wildman–Crippen LogP) is 0.739. The lowest BCUT2D eigenvalue weighted by Crippen LogP contribution is -2.11. The van der Waals surface area contributed by atoms with Crippen molar-refractivity contribution < 1.29 is 46.8 Å². The zero-order chi connectivity index (χ0) is 14.7. The molecule has 0 atom stereocenters. The van der Waals surface area contributed by atoms with Crippen LogP contribution in [0.3, 0.4) is 0 Å². The van der Waals surface area contributed by atoms with Crippen LogP contribution in [0.25, 0.3) is 0 Å². The molecule has 0 fully saturated rings. The third kappa shape index (κ3) is 6.41. The first-order chi connectivity index (χ1) is 8.52. The first-order valence-corrected chi connectivity index (χ1v) is 9.39. The normalized spacial score (nSPS) is 14.7. The van der Waals surface area contributed by atoms with Gasteiger partial charge in [0.15, 0.2) is 0 Å². The van der Waals surface area contributed by atoms with Crippen molar-refractivity contribution in [1.82, 2.24) is 0 Å². The second-order valence-electron chi connectivity index (χ2n) is 3.25. The third-order valence-corrected chi connectivity index (χ3v) is 5.69. The minimum atomic E-state index is -4.88. The summed E-state index contributed by atoms with van der Waals surface area (Å²) in [5.74, 6) is -0.410. The van der Waals surface area contributed by atoms with Gasteiger partial charge in [-0.25, -0.2) is 0 Å². The van der Waals surface area contributed by atoms with Gasteiger partial charge in [-0.2, -0.15) is 35.1 Å². The van der Waals surface area contributed by atoms with Crippen molar-refractivity contribution in [1.29, 1.82) is 0 Å². The molecular formula is C6H14O10P2S+2. The van der Waals surface area contributed by atoms with E-state index in [9.17, 15) is 9.11 Å². The van der Waals surface area contributed by atoms with Gasteiger partial charge in [-0.3, -0.25) is 9.11 Å². The molecule has 0 amide bonds. The standard InChI is InChI=1S/C6H12O10P2S/c7-17(8,9)16-18(10,11)15-3-4-19(12,13)6-1-2-14-5-6/h1-2,5,7-11H,3-4H2/p+2. The van der Waals surface area contributed by atoms with Gasteiger partial charge in [-0.1, -0.05) is 0 Å². The molecule has 1 aromatic heterocycles. The van der Waals surface area contributed by atoms with Gasteiger partial charge in [0, 0.05) is 0 Å². The fraction of sp³-hybridized carbons (Fsp3) is 0.333. The minimum Gasteiger partial charge on any atom is -0.471 e. The zero-order valence-electron chi connectivity index (χ0n) is 9.30. The molecule has 0 aliphatic heterocycles. The number of hydrogen-bond donors (Lipinski definition) is 7. The highest BCUT2D eigenvalue weighted by Crippen LogP contribution is 2.67. The van der Waals surface area contributed by atoms with Crippen LogP contribution in [-0.2, 0) is 8.83 Å². The summed E-state index contributed by atoms with van der Waals surface area (Å²) in [5, 5.41) is 0. The van der Waals surface area contributed by atoms with E-state index < -0.39 is 39.3 Å². The molecule has 0 spiro atoms. The fourth-order valence-electron chi connectivity index (χ4n) is 0.995. The molecule has 1 aromatic rings. The molecule has 0 saturated carbocycles. The molecule has 7 N–H and O–H groups in total. The monoisotopic (exact) mass is 340 g/mol. The fourth-order valence-corrected chi connectivity index (χ4v) is 3.81. The van der Waals surface area contributed by atoms with E-state index in [1.165, 1.54) is 12.3 Å². The van der Waals surface area contributed by atoms with Crippen LogP contribution >= 0.6 is 26.9 Å². The molecule has 112 valence electrons. The van der Waals surface area contributed by atoms with Crippen molar-refractivity contribution in [3.05, 3.63) is 18.6 Å². The first-order valence-electron chi connectivity index (χ1n) is 4.58. The van der Waals surface area contributed by atoms with E-state index in [0.717, 1.165) is 6.26 Å². The quantitative estimate of drug-likeness (QED) is 0.351. The lowest BCUT2D eigenvalue weighted by Gasteiger charge is -2.29. The molecule has 0 radical (unpaired) electrons. The lowest BCUT2D eigenvalue weighted by molar-refractivity contribution is 0.139. The maximum absolute atomic E-state index is 9.67. The van der Waals surface area contributed by atoms with E-state index in [-0.39, 0.29) is 4.90 Å². The van der Waals surface area contributed by atoms with Gasteiger partial charge in [-0.05, 0) is 6.07 Å². The molecule has 0 unspecified atom stereocenters. The number of rotatable bonds is 7. The van der Waals surface area contributed by atoms with Crippen molar-refractivity contribution in [2.75, 3.05) is 12.4 Å². The van der Waals surface area contributed by atoms with Crippen molar-refractivity contribution in [3.8, 4) is 0 Å². The van der Waals surface area contributed by atoms with Crippen molar-refractivity contribution in [3.63, 3.8) is 0 Å². The molecule has 0 bridgehead atoms. The van der Waals surface area contributed by atoms with Crippen LogP contribution < -0.4 is 0 Å². The molecule has 1 rings (SSSR count). The number of hydrogen-bond acceptors (Lipinski definition) is 10. The summed E-state index contributed by atoms with van der Waals surface area (Å²) in [6.07, 6.45) is 2.34. The molecule has 0 saturated heterocycles. The summed E-state index contributed by atoms with van der Waals surface area (Å²) in [7, 11) is -12.8. The van der Waals surface area contributed by atoms with Crippen LogP contribution in [0.4, 0.5) is 0 Å². The molecule has 0 aliphatic rings. The maximum atomic E-state index is 9.67. The van der Waals surface area contributed by atoms with Crippen LogP contribution in [-0.4, -0.2) is 45.9 Å². The summed E-state index contributed by atoms with van der Waals surface area (Å²) < 4.78 is 32.1. The predicted molar refractivity (Wildman–Crippen MR) is 66.7 cm³/mol. The number of furan rings is 1. The average Bonchev–Trinajstić information content (AvgIpc) is 2.64. The van der Waals surface area contributed by atoms with Gasteiger partial charge in [-0.15, -0.1) is 4.52 Å². The largest absolute Gasteiger partial charge is 0.620 e. The molecule has 10 nitrogen and oxygen atoms in total. The van der Waals surface area contributed by atoms with Crippen LogP contribution in [0.15, 0.2) is 27.9 Å². The summed E-state index contributed by atoms with van der Waals surface area (Å²) >= 11 is 0. The third-order valence-electron chi connectivity index (χ3n) is 1.72. The molecule has 0 aromatic carbocycles. The van der Waals surface area contributed by atoms with Gasteiger partial charge < -0.3 is 4.42 Å². The summed E-state index contributed by atoms with van der Waals surface area (Å²) in [5.41, 5.74) is 0. The van der Waals surface area contributed by atoms with E-state index in [0.29, 0.717) is 0 Å². The van der Waals surface area contributed by atoms with Gasteiger partial charge >= 0.3 is 16.3 Å². The van der Waals surface area contributed by atoms with Crippen molar-refractivity contribution in [2.24, 2.45) is 0 Å². The highest BCUT2D eigenvalue weighted by molar-refractivity contribution is 8.24. The Balaban J connectivity index is 2.46. The van der Waals surface area contributed by atoms with Gasteiger partial charge in [0.2, 0.25) is 0 Å². The maximum Gasteiger partial charge on any atom is 0.620 e. The van der Waals surface area contributed by atoms with E-state index >= 15 is 0 Å². The van der Waals surface area contributed by atoms with Gasteiger partial charge in [0.1, 0.15) is 12.9 Å². The highest BCUT2D eigenvalue weighted by Gasteiger charge is 2.58. The smallest absolute Gasteiger partial charge is 0.471 e. The Bertz CT molecular complexity index is 387. The average molecular weight is 340 g/mol. The molecule has 1 heterocycles. The second-order valence-corrected chi connectivity index (χ2v) is 8.38. The van der Waals surface area contributed by atoms with E-state index in [1.807, 2.05) is 0 Å². The summed E-state index contributed by atoms with van der Waals surface area (Å²) in [4.78, 5) is 43.7. The van der Waals surface area contributed by atoms with E-state index in [4.69, 9.17) is 24.5 Å². The van der Waals surface area contributed by atoms with Crippen LogP contribution in [0, 0.1) is 0 Å². The SMILES string of the molecule is O[P+](O)(O)O[P+](O)(O)OCCS(O)(O)c1ccoc1. The molecular weight excluding hydrogens is 326 g/mol. The van der Waals surface area contributed by atoms with Gasteiger partial charge in [0.05, 0.1) is 21.2 Å². The second kappa shape index (κ2) is 6.27. The van der Waals surface area contributed by atoms with Crippen LogP contribution in [0.5, 0.6) is 0 Å².